The van der Waals surface area contributed by atoms with Gasteiger partial charge in [-0.15, -0.1) is 0 Å². The molecular weight excluding hydrogens is 200 g/mol. The van der Waals surface area contributed by atoms with Gasteiger partial charge in [-0.25, -0.2) is 0 Å². The average Bonchev–Trinajstić information content (AvgIpc) is 2.63. The third-order valence-electron chi connectivity index (χ3n) is 5.11. The number of fused-ring (bicyclic) bond motifs is 2. The van der Waals surface area contributed by atoms with E-state index in [9.17, 15) is 4.79 Å². The summed E-state index contributed by atoms with van der Waals surface area (Å²) in [5.74, 6) is 0.553. The molecule has 16 heavy (non-hydrogen) atoms. The molecule has 2 rings (SSSR count). The third kappa shape index (κ3) is 1.56. The van der Waals surface area contributed by atoms with Crippen molar-refractivity contribution in [2.45, 2.75) is 59.0 Å². The minimum Gasteiger partial charge on any atom is -0.368 e. The summed E-state index contributed by atoms with van der Waals surface area (Å²) in [6.07, 6.45) is 3.92. The second-order valence-electron chi connectivity index (χ2n) is 6.64. The Balaban J connectivity index is 2.17. The Morgan fingerprint density at radius 3 is 2.50 bits per heavy atom. The minimum atomic E-state index is -0.248. The van der Waals surface area contributed by atoms with Crippen molar-refractivity contribution in [3.05, 3.63) is 0 Å². The van der Waals surface area contributed by atoms with Gasteiger partial charge in [0.25, 0.3) is 0 Å². The van der Waals surface area contributed by atoms with Gasteiger partial charge < -0.3 is 11.1 Å². The summed E-state index contributed by atoms with van der Waals surface area (Å²) in [6, 6.07) is 0.196. The van der Waals surface area contributed by atoms with Crippen molar-refractivity contribution in [1.82, 2.24) is 5.32 Å². The van der Waals surface area contributed by atoms with E-state index in [0.717, 1.165) is 5.92 Å². The molecule has 3 heteroatoms. The maximum atomic E-state index is 11.2. The monoisotopic (exact) mass is 224 g/mol. The van der Waals surface area contributed by atoms with Gasteiger partial charge in [0.1, 0.15) is 0 Å². The molecule has 0 aromatic carbocycles. The van der Waals surface area contributed by atoms with E-state index in [1.807, 2.05) is 6.92 Å². The lowest BCUT2D eigenvalue weighted by molar-refractivity contribution is -0.120. The Morgan fingerprint density at radius 1 is 1.44 bits per heavy atom. The van der Waals surface area contributed by atoms with Crippen LogP contribution in [0.4, 0.5) is 0 Å². The third-order valence-corrected chi connectivity index (χ3v) is 5.11. The van der Waals surface area contributed by atoms with Gasteiger partial charge in [0, 0.05) is 6.04 Å². The van der Waals surface area contributed by atoms with Gasteiger partial charge in [0.2, 0.25) is 5.91 Å². The maximum absolute atomic E-state index is 11.2. The first-order valence-corrected chi connectivity index (χ1v) is 6.33. The Bertz CT molecular complexity index is 308. The highest BCUT2D eigenvalue weighted by Crippen LogP contribution is 2.62. The predicted octanol–water partition coefficient (Wildman–Crippen LogP) is 1.66. The van der Waals surface area contributed by atoms with Gasteiger partial charge in [0.05, 0.1) is 6.04 Å². The maximum Gasteiger partial charge on any atom is 0.234 e. The van der Waals surface area contributed by atoms with Crippen molar-refractivity contribution in [3.8, 4) is 0 Å². The van der Waals surface area contributed by atoms with Gasteiger partial charge in [-0.2, -0.15) is 0 Å². The molecule has 0 saturated heterocycles. The number of hydrogen-bond donors (Lipinski definition) is 2. The molecule has 3 nitrogen and oxygen atoms in total. The summed E-state index contributed by atoms with van der Waals surface area (Å²) in [4.78, 5) is 11.2. The van der Waals surface area contributed by atoms with Crippen LogP contribution in [0.25, 0.3) is 0 Å². The van der Waals surface area contributed by atoms with E-state index in [1.165, 1.54) is 19.3 Å². The molecule has 2 aliphatic carbocycles. The molecule has 2 aliphatic rings. The zero-order chi connectivity index (χ0) is 12.1. The fourth-order valence-corrected chi connectivity index (χ4v) is 4.05. The quantitative estimate of drug-likeness (QED) is 0.766. The van der Waals surface area contributed by atoms with Crippen LogP contribution in [-0.2, 0) is 4.79 Å². The average molecular weight is 224 g/mol. The highest BCUT2D eigenvalue weighted by atomic mass is 16.1. The second-order valence-corrected chi connectivity index (χ2v) is 6.64. The number of primary amides is 1. The van der Waals surface area contributed by atoms with Crippen LogP contribution in [0.15, 0.2) is 0 Å². The zero-order valence-electron chi connectivity index (χ0n) is 10.8. The molecule has 0 radical (unpaired) electrons. The molecule has 0 aromatic rings. The van der Waals surface area contributed by atoms with E-state index in [4.69, 9.17) is 5.73 Å². The van der Waals surface area contributed by atoms with Crippen LogP contribution < -0.4 is 11.1 Å². The Kier molecular flexibility index (Phi) is 2.57. The molecule has 3 N–H and O–H groups in total. The van der Waals surface area contributed by atoms with E-state index in [2.05, 4.69) is 26.1 Å². The van der Waals surface area contributed by atoms with Crippen molar-refractivity contribution < 1.29 is 4.79 Å². The highest BCUT2D eigenvalue weighted by Gasteiger charge is 2.59. The van der Waals surface area contributed by atoms with E-state index in [-0.39, 0.29) is 17.4 Å². The van der Waals surface area contributed by atoms with Crippen LogP contribution in [-0.4, -0.2) is 18.0 Å². The molecule has 2 fully saturated rings. The number of hydrogen-bond acceptors (Lipinski definition) is 2. The summed E-state index contributed by atoms with van der Waals surface area (Å²) in [6.45, 7) is 8.88. The van der Waals surface area contributed by atoms with Crippen LogP contribution in [0.5, 0.6) is 0 Å². The van der Waals surface area contributed by atoms with Crippen LogP contribution in [0, 0.1) is 16.7 Å². The van der Waals surface area contributed by atoms with Crippen molar-refractivity contribution in [1.29, 1.82) is 0 Å². The molecule has 2 bridgehead atoms. The van der Waals surface area contributed by atoms with Crippen LogP contribution in [0.1, 0.15) is 47.0 Å². The summed E-state index contributed by atoms with van der Waals surface area (Å²) in [5, 5.41) is 3.47. The first kappa shape index (κ1) is 11.9. The predicted molar refractivity (Wildman–Crippen MR) is 64.8 cm³/mol. The Labute approximate surface area is 98.2 Å². The largest absolute Gasteiger partial charge is 0.368 e. The molecule has 0 aliphatic heterocycles. The number of nitrogens with one attached hydrogen (secondary N) is 1. The molecule has 4 unspecified atom stereocenters. The van der Waals surface area contributed by atoms with Crippen LogP contribution >= 0.6 is 0 Å². The van der Waals surface area contributed by atoms with E-state index < -0.39 is 0 Å². The SMILES string of the molecule is CC(NC1C2(C)CCC(C2)C1(C)C)C(N)=O. The second kappa shape index (κ2) is 3.46. The molecule has 1 amide bonds. The lowest BCUT2D eigenvalue weighted by Crippen LogP contribution is -2.55. The molecule has 0 heterocycles. The zero-order valence-corrected chi connectivity index (χ0v) is 10.8. The lowest BCUT2D eigenvalue weighted by Gasteiger charge is -2.44. The van der Waals surface area contributed by atoms with Gasteiger partial charge >= 0.3 is 0 Å². The first-order valence-electron chi connectivity index (χ1n) is 6.33. The van der Waals surface area contributed by atoms with Crippen LogP contribution in [0.2, 0.25) is 0 Å². The van der Waals surface area contributed by atoms with E-state index in [1.54, 1.807) is 0 Å². The van der Waals surface area contributed by atoms with Gasteiger partial charge in [-0.05, 0) is 42.9 Å². The molecule has 0 spiro atoms. The fraction of sp³-hybridized carbons (Fsp3) is 0.923. The Morgan fingerprint density at radius 2 is 2.06 bits per heavy atom. The number of amides is 1. The number of carbonyl (C=O) groups excluding carboxylic acids is 1. The summed E-state index contributed by atoms with van der Waals surface area (Å²) >= 11 is 0. The standard InChI is InChI=1S/C13H24N2O/c1-8(10(14)16)15-11-12(2,3)9-5-6-13(11,4)7-9/h8-9,11,15H,5-7H2,1-4H3,(H2,14,16). The molecule has 4 atom stereocenters. The first-order chi connectivity index (χ1) is 7.27. The lowest BCUT2D eigenvalue weighted by atomic mass is 9.68. The van der Waals surface area contributed by atoms with E-state index >= 15 is 0 Å². The summed E-state index contributed by atoms with van der Waals surface area (Å²) in [5.41, 5.74) is 5.99. The minimum absolute atomic E-state index is 0.222. The normalized spacial score (nSPS) is 42.2. The molecule has 92 valence electrons. The highest BCUT2D eigenvalue weighted by molar-refractivity contribution is 5.79. The summed E-state index contributed by atoms with van der Waals surface area (Å²) < 4.78 is 0. The fourth-order valence-electron chi connectivity index (χ4n) is 4.05. The smallest absolute Gasteiger partial charge is 0.234 e. The number of rotatable bonds is 3. The van der Waals surface area contributed by atoms with Crippen molar-refractivity contribution in [2.24, 2.45) is 22.5 Å². The van der Waals surface area contributed by atoms with Gasteiger partial charge in [-0.3, -0.25) is 4.79 Å². The van der Waals surface area contributed by atoms with Crippen molar-refractivity contribution in [2.75, 3.05) is 0 Å². The Hall–Kier alpha value is -0.570. The number of carbonyl (C=O) groups is 1. The molecule has 2 saturated carbocycles. The molecular formula is C13H24N2O. The van der Waals surface area contributed by atoms with Gasteiger partial charge in [-0.1, -0.05) is 20.8 Å². The van der Waals surface area contributed by atoms with Crippen molar-refractivity contribution in [3.63, 3.8) is 0 Å². The molecule has 0 aromatic heterocycles. The van der Waals surface area contributed by atoms with E-state index in [0.29, 0.717) is 11.5 Å². The number of nitrogens with two attached hydrogens (primary N) is 1. The van der Waals surface area contributed by atoms with Crippen LogP contribution in [0.3, 0.4) is 0 Å². The van der Waals surface area contributed by atoms with Crippen molar-refractivity contribution >= 4 is 5.91 Å². The topological polar surface area (TPSA) is 55.1 Å². The summed E-state index contributed by atoms with van der Waals surface area (Å²) in [7, 11) is 0. The van der Waals surface area contributed by atoms with Gasteiger partial charge in [0.15, 0.2) is 0 Å².